The van der Waals surface area contributed by atoms with E-state index in [1.54, 1.807) is 26.0 Å². The lowest BCUT2D eigenvalue weighted by Gasteiger charge is -2.18. The molecular formula is C22H28N2O5S. The number of ether oxygens (including phenoxy) is 1. The first-order chi connectivity index (χ1) is 14.2. The number of esters is 1. The molecule has 2 aromatic carbocycles. The van der Waals surface area contributed by atoms with Gasteiger partial charge in [0.1, 0.15) is 0 Å². The summed E-state index contributed by atoms with van der Waals surface area (Å²) in [6.45, 7) is 7.76. The minimum Gasteiger partial charge on any atom is -0.449 e. The van der Waals surface area contributed by atoms with Crippen molar-refractivity contribution in [1.29, 1.82) is 0 Å². The minimum atomic E-state index is -3.60. The van der Waals surface area contributed by atoms with E-state index in [1.165, 1.54) is 35.5 Å². The van der Waals surface area contributed by atoms with Crippen molar-refractivity contribution < 1.29 is 22.7 Å². The lowest BCUT2D eigenvalue weighted by molar-refractivity contribution is -0.123. The van der Waals surface area contributed by atoms with E-state index in [0.717, 1.165) is 12.0 Å². The van der Waals surface area contributed by atoms with Crippen molar-refractivity contribution in [3.05, 3.63) is 59.7 Å². The van der Waals surface area contributed by atoms with Crippen molar-refractivity contribution in [1.82, 2.24) is 4.31 Å². The molecular weight excluding hydrogens is 404 g/mol. The molecule has 7 nitrogen and oxygen atoms in total. The van der Waals surface area contributed by atoms with Crippen molar-refractivity contribution >= 4 is 27.6 Å². The van der Waals surface area contributed by atoms with Crippen LogP contribution in [0.2, 0.25) is 0 Å². The molecule has 2 rings (SSSR count). The van der Waals surface area contributed by atoms with Gasteiger partial charge in [-0.05, 0) is 55.3 Å². The quantitative estimate of drug-likeness (QED) is 0.613. The van der Waals surface area contributed by atoms with Crippen LogP contribution in [0.1, 0.15) is 43.6 Å². The largest absolute Gasteiger partial charge is 0.449 e. The van der Waals surface area contributed by atoms with Crippen LogP contribution in [0.3, 0.4) is 0 Å². The number of nitrogens with one attached hydrogen (secondary N) is 1. The summed E-state index contributed by atoms with van der Waals surface area (Å²) in [5.74, 6) is -1.15. The van der Waals surface area contributed by atoms with E-state index in [-0.39, 0.29) is 10.5 Å². The highest BCUT2D eigenvalue weighted by Gasteiger charge is 2.23. The molecule has 0 unspecified atom stereocenters. The van der Waals surface area contributed by atoms with Gasteiger partial charge in [-0.2, -0.15) is 4.31 Å². The summed E-state index contributed by atoms with van der Waals surface area (Å²) in [7, 11) is -3.60. The summed E-state index contributed by atoms with van der Waals surface area (Å²) in [5.41, 5.74) is 1.94. The maximum absolute atomic E-state index is 12.5. The van der Waals surface area contributed by atoms with E-state index < -0.39 is 28.0 Å². The highest BCUT2D eigenvalue weighted by Crippen LogP contribution is 2.17. The van der Waals surface area contributed by atoms with E-state index in [4.69, 9.17) is 4.74 Å². The molecule has 0 radical (unpaired) electrons. The van der Waals surface area contributed by atoms with Crippen LogP contribution in [0.5, 0.6) is 0 Å². The van der Waals surface area contributed by atoms with Gasteiger partial charge in [-0.15, -0.1) is 0 Å². The average Bonchev–Trinajstić information content (AvgIpc) is 2.75. The third-order valence-corrected chi connectivity index (χ3v) is 6.78. The first kappa shape index (κ1) is 23.6. The molecule has 1 amide bonds. The van der Waals surface area contributed by atoms with Crippen molar-refractivity contribution in [2.24, 2.45) is 0 Å². The first-order valence-corrected chi connectivity index (χ1v) is 11.4. The SMILES string of the molecule is CCc1ccc(NC(=O)[C@H](C)OC(=O)c2ccc(S(=O)(=O)N(CC)CC)cc2)cc1. The monoisotopic (exact) mass is 432 g/mol. The Kier molecular flexibility index (Phi) is 8.14. The van der Waals surface area contributed by atoms with Gasteiger partial charge < -0.3 is 10.1 Å². The lowest BCUT2D eigenvalue weighted by Crippen LogP contribution is -2.31. The summed E-state index contributed by atoms with van der Waals surface area (Å²) in [4.78, 5) is 24.7. The lowest BCUT2D eigenvalue weighted by atomic mass is 10.1. The molecule has 30 heavy (non-hydrogen) atoms. The molecule has 0 heterocycles. The number of hydrogen-bond donors (Lipinski definition) is 1. The number of sulfonamides is 1. The third-order valence-electron chi connectivity index (χ3n) is 4.72. The fourth-order valence-electron chi connectivity index (χ4n) is 2.83. The predicted molar refractivity (Wildman–Crippen MR) is 116 cm³/mol. The van der Waals surface area contributed by atoms with Gasteiger partial charge in [-0.25, -0.2) is 13.2 Å². The Morgan fingerprint density at radius 1 is 0.967 bits per heavy atom. The zero-order valence-corrected chi connectivity index (χ0v) is 18.5. The maximum atomic E-state index is 12.5. The number of anilines is 1. The van der Waals surface area contributed by atoms with Crippen molar-refractivity contribution in [3.8, 4) is 0 Å². The van der Waals surface area contributed by atoms with Crippen molar-refractivity contribution in [2.75, 3.05) is 18.4 Å². The zero-order chi connectivity index (χ0) is 22.3. The summed E-state index contributed by atoms with van der Waals surface area (Å²) < 4.78 is 31.6. The van der Waals surface area contributed by atoms with Crippen molar-refractivity contribution in [3.63, 3.8) is 0 Å². The first-order valence-electron chi connectivity index (χ1n) is 9.93. The Morgan fingerprint density at radius 2 is 1.53 bits per heavy atom. The molecule has 0 aliphatic heterocycles. The van der Waals surface area contributed by atoms with Crippen LogP contribution in [0, 0.1) is 0 Å². The second kappa shape index (κ2) is 10.4. The van der Waals surface area contributed by atoms with Crippen LogP contribution in [0.25, 0.3) is 0 Å². The van der Waals surface area contributed by atoms with Gasteiger partial charge in [-0.1, -0.05) is 32.9 Å². The molecule has 8 heteroatoms. The molecule has 2 aromatic rings. The van der Waals surface area contributed by atoms with Gasteiger partial charge in [-0.3, -0.25) is 4.79 Å². The van der Waals surface area contributed by atoms with Crippen LogP contribution >= 0.6 is 0 Å². The molecule has 0 aliphatic carbocycles. The Bertz CT molecular complexity index is 966. The fourth-order valence-corrected chi connectivity index (χ4v) is 4.28. The summed E-state index contributed by atoms with van der Waals surface area (Å²) in [6.07, 6.45) is -0.112. The third kappa shape index (κ3) is 5.67. The van der Waals surface area contributed by atoms with Crippen LogP contribution < -0.4 is 5.32 Å². The number of carbonyl (C=O) groups excluding carboxylic acids is 2. The van der Waals surface area contributed by atoms with Crippen LogP contribution in [0.15, 0.2) is 53.4 Å². The highest BCUT2D eigenvalue weighted by atomic mass is 32.2. The Hall–Kier alpha value is -2.71. The van der Waals surface area contributed by atoms with Crippen LogP contribution in [0.4, 0.5) is 5.69 Å². The van der Waals surface area contributed by atoms with E-state index in [1.807, 2.05) is 19.1 Å². The highest BCUT2D eigenvalue weighted by molar-refractivity contribution is 7.89. The van der Waals surface area contributed by atoms with Gasteiger partial charge >= 0.3 is 5.97 Å². The molecule has 0 aliphatic rings. The van der Waals surface area contributed by atoms with Crippen LogP contribution in [-0.2, 0) is 26.0 Å². The smallest absolute Gasteiger partial charge is 0.338 e. The number of amides is 1. The van der Waals surface area contributed by atoms with E-state index in [0.29, 0.717) is 18.8 Å². The van der Waals surface area contributed by atoms with Crippen molar-refractivity contribution in [2.45, 2.75) is 45.1 Å². The predicted octanol–water partition coefficient (Wildman–Crippen LogP) is 3.46. The number of aryl methyl sites for hydroxylation is 1. The number of hydrogen-bond acceptors (Lipinski definition) is 5. The molecule has 0 fully saturated rings. The summed E-state index contributed by atoms with van der Waals surface area (Å²) >= 11 is 0. The molecule has 0 spiro atoms. The zero-order valence-electron chi connectivity index (χ0n) is 17.7. The molecule has 0 saturated carbocycles. The summed E-state index contributed by atoms with van der Waals surface area (Å²) in [5, 5.41) is 2.70. The van der Waals surface area contributed by atoms with Crippen LogP contribution in [-0.4, -0.2) is 43.8 Å². The van der Waals surface area contributed by atoms with Gasteiger partial charge in [0.05, 0.1) is 10.5 Å². The van der Waals surface area contributed by atoms with Gasteiger partial charge in [0.15, 0.2) is 6.10 Å². The Morgan fingerprint density at radius 3 is 2.03 bits per heavy atom. The Labute approximate surface area is 178 Å². The Balaban J connectivity index is 2.01. The maximum Gasteiger partial charge on any atom is 0.338 e. The molecule has 1 N–H and O–H groups in total. The number of nitrogens with zero attached hydrogens (tertiary/aromatic N) is 1. The van der Waals surface area contributed by atoms with Gasteiger partial charge in [0.25, 0.3) is 5.91 Å². The minimum absolute atomic E-state index is 0.101. The topological polar surface area (TPSA) is 92.8 Å². The number of rotatable bonds is 9. The molecule has 0 saturated heterocycles. The second-order valence-electron chi connectivity index (χ2n) is 6.70. The summed E-state index contributed by atoms with van der Waals surface area (Å²) in [6, 6.07) is 12.9. The second-order valence-corrected chi connectivity index (χ2v) is 8.64. The number of benzene rings is 2. The normalized spacial score (nSPS) is 12.4. The fraction of sp³-hybridized carbons (Fsp3) is 0.364. The molecule has 1 atom stereocenters. The van der Waals surface area contributed by atoms with E-state index in [2.05, 4.69) is 5.32 Å². The van der Waals surface area contributed by atoms with Gasteiger partial charge in [0, 0.05) is 18.8 Å². The molecule has 0 aromatic heterocycles. The molecule has 0 bridgehead atoms. The van der Waals surface area contributed by atoms with E-state index >= 15 is 0 Å². The average molecular weight is 433 g/mol. The molecule has 162 valence electrons. The van der Waals surface area contributed by atoms with Gasteiger partial charge in [0.2, 0.25) is 10.0 Å². The van der Waals surface area contributed by atoms with E-state index in [9.17, 15) is 18.0 Å². The standard InChI is InChI=1S/C22H28N2O5S/c1-5-17-8-12-19(13-9-17)23-21(25)16(4)29-22(26)18-10-14-20(15-11-18)30(27,28)24(6-2)7-3/h8-16H,5-7H2,1-4H3,(H,23,25)/t16-/m0/s1. The number of carbonyl (C=O) groups is 2.